The lowest BCUT2D eigenvalue weighted by Crippen LogP contribution is -2.38. The Bertz CT molecular complexity index is 1800. The van der Waals surface area contributed by atoms with Gasteiger partial charge in [-0.25, -0.2) is 14.6 Å². The predicted octanol–water partition coefficient (Wildman–Crippen LogP) is 9.35. The molecule has 0 aliphatic heterocycles. The van der Waals surface area contributed by atoms with Crippen LogP contribution in [0.25, 0.3) is 11.1 Å². The molecule has 12 heteroatoms. The van der Waals surface area contributed by atoms with Crippen LogP contribution in [0.3, 0.4) is 0 Å². The van der Waals surface area contributed by atoms with Crippen molar-refractivity contribution < 1.29 is 37.0 Å². The Morgan fingerprint density at radius 3 is 2.06 bits per heavy atom. The number of benzene rings is 3. The average molecular weight is 677 g/mol. The van der Waals surface area contributed by atoms with E-state index >= 15 is 0 Å². The topological polar surface area (TPSA) is 110 Å². The van der Waals surface area contributed by atoms with Crippen molar-refractivity contribution in [2.75, 3.05) is 22.1 Å². The van der Waals surface area contributed by atoms with E-state index in [9.17, 15) is 27.6 Å². The van der Waals surface area contributed by atoms with Gasteiger partial charge in [-0.3, -0.25) is 15.0 Å². The van der Waals surface area contributed by atoms with Gasteiger partial charge >= 0.3 is 18.4 Å². The standard InChI is InChI=1S/C37H39F3N4O5/c1-35(2,3)48-33(46)43-31-18-12-15-26(41-31)21-22-44(34(47)49-36(4,5)6)30-17-11-10-16-29(30)42-32(45)28-23-25(37(38,39)40)19-20-27(28)24-13-8-7-9-14-24/h7-20,23H,21-22H2,1-6H3,(H,42,45)(H,41,43,46). The minimum atomic E-state index is -4.68. The van der Waals surface area contributed by atoms with E-state index in [1.165, 1.54) is 11.0 Å². The molecule has 3 amide bonds. The number of carbonyl (C=O) groups excluding carboxylic acids is 3. The summed E-state index contributed by atoms with van der Waals surface area (Å²) in [6.07, 6.45) is -5.87. The summed E-state index contributed by atoms with van der Waals surface area (Å²) in [5, 5.41) is 5.32. The highest BCUT2D eigenvalue weighted by Gasteiger charge is 2.32. The molecule has 258 valence electrons. The second-order valence-corrected chi connectivity index (χ2v) is 13.1. The van der Waals surface area contributed by atoms with Gasteiger partial charge in [0.15, 0.2) is 0 Å². The SMILES string of the molecule is CC(C)(C)OC(=O)Nc1cccc(CCN(C(=O)OC(C)(C)C)c2ccccc2NC(=O)c2cc(C(F)(F)F)ccc2-c2ccccc2)n1. The highest BCUT2D eigenvalue weighted by Crippen LogP contribution is 2.35. The first-order chi connectivity index (χ1) is 22.9. The van der Waals surface area contributed by atoms with Crippen molar-refractivity contribution in [3.05, 3.63) is 108 Å². The molecule has 1 aromatic heterocycles. The number of rotatable bonds is 8. The van der Waals surface area contributed by atoms with Crippen molar-refractivity contribution >= 4 is 35.3 Å². The number of para-hydroxylation sites is 2. The second kappa shape index (κ2) is 14.8. The van der Waals surface area contributed by atoms with Crippen LogP contribution in [-0.2, 0) is 22.1 Å². The van der Waals surface area contributed by atoms with Crippen molar-refractivity contribution in [2.24, 2.45) is 0 Å². The van der Waals surface area contributed by atoms with Gasteiger partial charge in [0.25, 0.3) is 5.91 Å². The first-order valence-corrected chi connectivity index (χ1v) is 15.5. The molecule has 0 saturated heterocycles. The van der Waals surface area contributed by atoms with Gasteiger partial charge < -0.3 is 14.8 Å². The lowest BCUT2D eigenvalue weighted by atomic mass is 9.96. The van der Waals surface area contributed by atoms with Crippen LogP contribution in [0.4, 0.5) is 40.0 Å². The van der Waals surface area contributed by atoms with Crippen molar-refractivity contribution in [1.82, 2.24) is 4.98 Å². The number of carbonyl (C=O) groups is 3. The minimum Gasteiger partial charge on any atom is -0.444 e. The summed E-state index contributed by atoms with van der Waals surface area (Å²) in [6, 6.07) is 23.1. The number of anilines is 3. The Morgan fingerprint density at radius 2 is 1.41 bits per heavy atom. The van der Waals surface area contributed by atoms with Gasteiger partial charge in [0, 0.05) is 24.2 Å². The molecule has 49 heavy (non-hydrogen) atoms. The van der Waals surface area contributed by atoms with Gasteiger partial charge in [-0.05, 0) is 89.1 Å². The van der Waals surface area contributed by atoms with E-state index in [0.717, 1.165) is 12.1 Å². The quantitative estimate of drug-likeness (QED) is 0.193. The molecular weight excluding hydrogens is 637 g/mol. The Hall–Kier alpha value is -5.39. The smallest absolute Gasteiger partial charge is 0.416 e. The summed E-state index contributed by atoms with van der Waals surface area (Å²) in [7, 11) is 0. The van der Waals surface area contributed by atoms with Gasteiger partial charge in [-0.2, -0.15) is 13.2 Å². The van der Waals surface area contributed by atoms with E-state index in [4.69, 9.17) is 9.47 Å². The fraction of sp³-hybridized carbons (Fsp3) is 0.297. The van der Waals surface area contributed by atoms with Crippen LogP contribution in [0, 0.1) is 0 Å². The number of nitrogens with one attached hydrogen (secondary N) is 2. The molecule has 0 saturated carbocycles. The van der Waals surface area contributed by atoms with E-state index in [1.54, 1.807) is 114 Å². The van der Waals surface area contributed by atoms with Crippen LogP contribution in [0.1, 0.15) is 63.2 Å². The highest BCUT2D eigenvalue weighted by molar-refractivity contribution is 6.11. The lowest BCUT2D eigenvalue weighted by Gasteiger charge is -2.29. The van der Waals surface area contributed by atoms with Crippen LogP contribution in [0.2, 0.25) is 0 Å². The number of pyridine rings is 1. The van der Waals surface area contributed by atoms with Gasteiger partial charge in [0.2, 0.25) is 0 Å². The molecule has 0 unspecified atom stereocenters. The van der Waals surface area contributed by atoms with Crippen molar-refractivity contribution in [2.45, 2.75) is 65.3 Å². The third-order valence-electron chi connectivity index (χ3n) is 6.76. The lowest BCUT2D eigenvalue weighted by molar-refractivity contribution is -0.137. The largest absolute Gasteiger partial charge is 0.444 e. The maximum Gasteiger partial charge on any atom is 0.416 e. The van der Waals surface area contributed by atoms with Crippen LogP contribution >= 0.6 is 0 Å². The van der Waals surface area contributed by atoms with Crippen LogP contribution in [0.15, 0.2) is 91.0 Å². The number of alkyl halides is 3. The van der Waals surface area contributed by atoms with E-state index < -0.39 is 41.0 Å². The van der Waals surface area contributed by atoms with Gasteiger partial charge in [0.05, 0.1) is 16.9 Å². The highest BCUT2D eigenvalue weighted by atomic mass is 19.4. The van der Waals surface area contributed by atoms with E-state index in [0.29, 0.717) is 16.8 Å². The summed E-state index contributed by atoms with van der Waals surface area (Å²) >= 11 is 0. The Balaban J connectivity index is 1.66. The normalized spacial score (nSPS) is 11.8. The third kappa shape index (κ3) is 10.6. The van der Waals surface area contributed by atoms with E-state index in [1.807, 2.05) is 0 Å². The van der Waals surface area contributed by atoms with E-state index in [2.05, 4.69) is 15.6 Å². The molecule has 2 N–H and O–H groups in total. The Morgan fingerprint density at radius 1 is 0.755 bits per heavy atom. The molecule has 9 nitrogen and oxygen atoms in total. The van der Waals surface area contributed by atoms with Gasteiger partial charge in [-0.15, -0.1) is 0 Å². The number of aromatic nitrogens is 1. The fourth-order valence-corrected chi connectivity index (χ4v) is 4.73. The first kappa shape index (κ1) is 36.4. The van der Waals surface area contributed by atoms with Crippen LogP contribution < -0.4 is 15.5 Å². The van der Waals surface area contributed by atoms with Crippen molar-refractivity contribution in [1.29, 1.82) is 0 Å². The zero-order valence-corrected chi connectivity index (χ0v) is 28.1. The van der Waals surface area contributed by atoms with Gasteiger partial charge in [0.1, 0.15) is 17.0 Å². The second-order valence-electron chi connectivity index (χ2n) is 13.1. The number of halogens is 3. The molecule has 4 rings (SSSR count). The monoisotopic (exact) mass is 676 g/mol. The average Bonchev–Trinajstić information content (AvgIpc) is 3.00. The molecule has 0 aliphatic rings. The summed E-state index contributed by atoms with van der Waals surface area (Å²) in [5.74, 6) is -0.553. The molecule has 1 heterocycles. The molecule has 0 atom stereocenters. The van der Waals surface area contributed by atoms with Crippen molar-refractivity contribution in [3.8, 4) is 11.1 Å². The summed E-state index contributed by atoms with van der Waals surface area (Å²) < 4.78 is 52.2. The molecule has 0 fully saturated rings. The van der Waals surface area contributed by atoms with Crippen molar-refractivity contribution in [3.63, 3.8) is 0 Å². The Labute approximate surface area is 283 Å². The third-order valence-corrected chi connectivity index (χ3v) is 6.76. The number of hydrogen-bond donors (Lipinski definition) is 2. The molecule has 0 spiro atoms. The predicted molar refractivity (Wildman–Crippen MR) is 183 cm³/mol. The minimum absolute atomic E-state index is 0.0313. The summed E-state index contributed by atoms with van der Waals surface area (Å²) in [6.45, 7) is 10.4. The first-order valence-electron chi connectivity index (χ1n) is 15.5. The molecule has 4 aromatic rings. The number of nitrogens with zero attached hydrogens (tertiary/aromatic N) is 2. The molecule has 0 radical (unpaired) electrons. The molecular formula is C37H39F3N4O5. The zero-order valence-electron chi connectivity index (χ0n) is 28.1. The number of hydrogen-bond acceptors (Lipinski definition) is 6. The summed E-state index contributed by atoms with van der Waals surface area (Å²) in [4.78, 5) is 45.4. The molecule has 3 aromatic carbocycles. The maximum absolute atomic E-state index is 13.8. The van der Waals surface area contributed by atoms with Crippen LogP contribution in [-0.4, -0.2) is 40.8 Å². The number of amides is 3. The van der Waals surface area contributed by atoms with E-state index in [-0.39, 0.29) is 35.7 Å². The van der Waals surface area contributed by atoms with Gasteiger partial charge in [-0.1, -0.05) is 54.6 Å². The number of ether oxygens (including phenoxy) is 2. The molecule has 0 aliphatic carbocycles. The fourth-order valence-electron chi connectivity index (χ4n) is 4.73. The summed E-state index contributed by atoms with van der Waals surface area (Å²) in [5.41, 5.74) is -0.937. The maximum atomic E-state index is 13.8. The molecule has 0 bridgehead atoms. The zero-order chi connectivity index (χ0) is 36.0. The Kier molecular flexibility index (Phi) is 11.0. The van der Waals surface area contributed by atoms with Crippen LogP contribution in [0.5, 0.6) is 0 Å².